The SMILES string of the molecule is CNCCc1cccc(OC(C)C(=O)O)c1. The molecule has 0 radical (unpaired) electrons. The second-order valence-corrected chi connectivity index (χ2v) is 3.60. The van der Waals surface area contributed by atoms with Crippen molar-refractivity contribution < 1.29 is 14.6 Å². The Balaban J connectivity index is 2.63. The minimum atomic E-state index is -0.958. The highest BCUT2D eigenvalue weighted by Crippen LogP contribution is 2.15. The zero-order valence-corrected chi connectivity index (χ0v) is 9.56. The lowest BCUT2D eigenvalue weighted by atomic mass is 10.1. The first-order valence-electron chi connectivity index (χ1n) is 5.26. The van der Waals surface area contributed by atoms with E-state index in [-0.39, 0.29) is 0 Å². The lowest BCUT2D eigenvalue weighted by Crippen LogP contribution is -2.22. The molecule has 0 saturated heterocycles. The van der Waals surface area contributed by atoms with Crippen LogP contribution in [0.15, 0.2) is 24.3 Å². The van der Waals surface area contributed by atoms with Crippen LogP contribution in [0.25, 0.3) is 0 Å². The highest BCUT2D eigenvalue weighted by molar-refractivity contribution is 5.72. The summed E-state index contributed by atoms with van der Waals surface area (Å²) in [4.78, 5) is 10.6. The van der Waals surface area contributed by atoms with Gasteiger partial charge in [0.25, 0.3) is 0 Å². The summed E-state index contributed by atoms with van der Waals surface area (Å²) in [5.74, 6) is -0.357. The molecular formula is C12H17NO3. The molecule has 2 N–H and O–H groups in total. The van der Waals surface area contributed by atoms with E-state index >= 15 is 0 Å². The van der Waals surface area contributed by atoms with Crippen LogP contribution in [0.1, 0.15) is 12.5 Å². The molecule has 0 aliphatic heterocycles. The number of benzene rings is 1. The normalized spacial score (nSPS) is 12.1. The Bertz CT molecular complexity index is 352. The van der Waals surface area contributed by atoms with Gasteiger partial charge in [-0.15, -0.1) is 0 Å². The minimum Gasteiger partial charge on any atom is -0.479 e. The third kappa shape index (κ3) is 3.90. The average Bonchev–Trinajstić information content (AvgIpc) is 2.26. The van der Waals surface area contributed by atoms with Crippen molar-refractivity contribution in [2.45, 2.75) is 19.4 Å². The molecule has 0 heterocycles. The van der Waals surface area contributed by atoms with Crippen LogP contribution < -0.4 is 10.1 Å². The number of carbonyl (C=O) groups is 1. The summed E-state index contributed by atoms with van der Waals surface area (Å²) in [6.45, 7) is 2.40. The Kier molecular flexibility index (Phi) is 4.79. The number of likely N-dealkylation sites (N-methyl/N-ethyl adjacent to an activating group) is 1. The molecule has 0 saturated carbocycles. The van der Waals surface area contributed by atoms with Crippen LogP contribution in [-0.4, -0.2) is 30.8 Å². The van der Waals surface area contributed by atoms with E-state index in [1.807, 2.05) is 25.2 Å². The highest BCUT2D eigenvalue weighted by atomic mass is 16.5. The van der Waals surface area contributed by atoms with Crippen LogP contribution in [0, 0.1) is 0 Å². The van der Waals surface area contributed by atoms with Gasteiger partial charge in [0.2, 0.25) is 0 Å². The number of carboxylic acid groups (broad SMARTS) is 1. The molecule has 1 rings (SSSR count). The first-order chi connectivity index (χ1) is 7.63. The first kappa shape index (κ1) is 12.5. The fraction of sp³-hybridized carbons (Fsp3) is 0.417. The van der Waals surface area contributed by atoms with E-state index < -0.39 is 12.1 Å². The lowest BCUT2D eigenvalue weighted by molar-refractivity contribution is -0.144. The van der Waals surface area contributed by atoms with Gasteiger partial charge in [-0.05, 0) is 44.6 Å². The molecule has 4 heteroatoms. The third-order valence-electron chi connectivity index (χ3n) is 2.22. The summed E-state index contributed by atoms with van der Waals surface area (Å²) in [7, 11) is 1.90. The zero-order valence-electron chi connectivity index (χ0n) is 9.56. The summed E-state index contributed by atoms with van der Waals surface area (Å²) in [5, 5.41) is 11.8. The molecule has 1 unspecified atom stereocenters. The van der Waals surface area contributed by atoms with Crippen molar-refractivity contribution in [2.75, 3.05) is 13.6 Å². The molecule has 0 amide bonds. The van der Waals surface area contributed by atoms with E-state index in [0.717, 1.165) is 18.5 Å². The van der Waals surface area contributed by atoms with E-state index in [4.69, 9.17) is 9.84 Å². The van der Waals surface area contributed by atoms with Crippen LogP contribution in [0.3, 0.4) is 0 Å². The van der Waals surface area contributed by atoms with Gasteiger partial charge < -0.3 is 15.2 Å². The predicted octanol–water partition coefficient (Wildman–Crippen LogP) is 1.30. The fourth-order valence-electron chi connectivity index (χ4n) is 1.30. The molecule has 4 nitrogen and oxygen atoms in total. The average molecular weight is 223 g/mol. The molecule has 1 aromatic rings. The highest BCUT2D eigenvalue weighted by Gasteiger charge is 2.12. The molecule has 0 aliphatic rings. The number of aliphatic carboxylic acids is 1. The van der Waals surface area contributed by atoms with E-state index in [9.17, 15) is 4.79 Å². The summed E-state index contributed by atoms with van der Waals surface area (Å²) in [5.41, 5.74) is 1.13. The van der Waals surface area contributed by atoms with Gasteiger partial charge in [0.15, 0.2) is 6.10 Å². The monoisotopic (exact) mass is 223 g/mol. The molecule has 1 atom stereocenters. The smallest absolute Gasteiger partial charge is 0.344 e. The standard InChI is InChI=1S/C12H17NO3/c1-9(12(14)15)16-11-5-3-4-10(8-11)6-7-13-2/h3-5,8-9,13H,6-7H2,1-2H3,(H,14,15). The van der Waals surface area contributed by atoms with Gasteiger partial charge >= 0.3 is 5.97 Å². The van der Waals surface area contributed by atoms with Gasteiger partial charge in [0, 0.05) is 0 Å². The van der Waals surface area contributed by atoms with Crippen molar-refractivity contribution in [3.05, 3.63) is 29.8 Å². The maximum Gasteiger partial charge on any atom is 0.344 e. The number of ether oxygens (including phenoxy) is 1. The lowest BCUT2D eigenvalue weighted by Gasteiger charge is -2.11. The molecule has 0 spiro atoms. The predicted molar refractivity (Wildman–Crippen MR) is 61.8 cm³/mol. The van der Waals surface area contributed by atoms with Gasteiger partial charge in [0.1, 0.15) is 5.75 Å². The van der Waals surface area contributed by atoms with Crippen molar-refractivity contribution in [3.63, 3.8) is 0 Å². The molecule has 0 fully saturated rings. The Morgan fingerprint density at radius 2 is 2.31 bits per heavy atom. The van der Waals surface area contributed by atoms with Crippen molar-refractivity contribution in [1.29, 1.82) is 0 Å². The fourth-order valence-corrected chi connectivity index (χ4v) is 1.30. The van der Waals surface area contributed by atoms with Crippen LogP contribution in [0.5, 0.6) is 5.75 Å². The van der Waals surface area contributed by atoms with Crippen molar-refractivity contribution in [3.8, 4) is 5.75 Å². The van der Waals surface area contributed by atoms with Gasteiger partial charge in [-0.1, -0.05) is 12.1 Å². The minimum absolute atomic E-state index is 0.600. The van der Waals surface area contributed by atoms with Crippen LogP contribution in [0.2, 0.25) is 0 Å². The quantitative estimate of drug-likeness (QED) is 0.763. The Labute approximate surface area is 95.2 Å². The van der Waals surface area contributed by atoms with Gasteiger partial charge in [-0.2, -0.15) is 0 Å². The Hall–Kier alpha value is -1.55. The van der Waals surface area contributed by atoms with Crippen molar-refractivity contribution >= 4 is 5.97 Å². The molecule has 0 bridgehead atoms. The largest absolute Gasteiger partial charge is 0.479 e. The first-order valence-corrected chi connectivity index (χ1v) is 5.26. The second kappa shape index (κ2) is 6.12. The summed E-state index contributed by atoms with van der Waals surface area (Å²) in [6.07, 6.45) is 0.0781. The number of nitrogens with one attached hydrogen (secondary N) is 1. The Morgan fingerprint density at radius 1 is 1.56 bits per heavy atom. The molecule has 16 heavy (non-hydrogen) atoms. The number of carboxylic acids is 1. The van der Waals surface area contributed by atoms with Crippen LogP contribution in [0.4, 0.5) is 0 Å². The zero-order chi connectivity index (χ0) is 12.0. The van der Waals surface area contributed by atoms with E-state index in [0.29, 0.717) is 5.75 Å². The maximum absolute atomic E-state index is 10.6. The Morgan fingerprint density at radius 3 is 2.94 bits per heavy atom. The molecule has 1 aromatic carbocycles. The summed E-state index contributed by atoms with van der Waals surface area (Å²) < 4.78 is 5.28. The van der Waals surface area contributed by atoms with Crippen molar-refractivity contribution in [1.82, 2.24) is 5.32 Å². The maximum atomic E-state index is 10.6. The number of hydrogen-bond acceptors (Lipinski definition) is 3. The molecular weight excluding hydrogens is 206 g/mol. The van der Waals surface area contributed by atoms with Crippen LogP contribution >= 0.6 is 0 Å². The molecule has 0 aromatic heterocycles. The van der Waals surface area contributed by atoms with E-state index in [2.05, 4.69) is 5.32 Å². The van der Waals surface area contributed by atoms with E-state index in [1.54, 1.807) is 6.07 Å². The summed E-state index contributed by atoms with van der Waals surface area (Å²) >= 11 is 0. The molecule has 88 valence electrons. The third-order valence-corrected chi connectivity index (χ3v) is 2.22. The van der Waals surface area contributed by atoms with Gasteiger partial charge in [-0.25, -0.2) is 4.79 Å². The van der Waals surface area contributed by atoms with Crippen LogP contribution in [-0.2, 0) is 11.2 Å². The number of hydrogen-bond donors (Lipinski definition) is 2. The van der Waals surface area contributed by atoms with E-state index in [1.165, 1.54) is 6.92 Å². The number of rotatable bonds is 6. The topological polar surface area (TPSA) is 58.6 Å². The van der Waals surface area contributed by atoms with Gasteiger partial charge in [-0.3, -0.25) is 0 Å². The van der Waals surface area contributed by atoms with Gasteiger partial charge in [0.05, 0.1) is 0 Å². The second-order valence-electron chi connectivity index (χ2n) is 3.60. The van der Waals surface area contributed by atoms with Crippen molar-refractivity contribution in [2.24, 2.45) is 0 Å². The molecule has 0 aliphatic carbocycles. The summed E-state index contributed by atoms with van der Waals surface area (Å²) in [6, 6.07) is 7.50.